The zero-order valence-corrected chi connectivity index (χ0v) is 17.3. The van der Waals surface area contributed by atoms with Crippen molar-refractivity contribution < 1.29 is 18.9 Å². The quantitative estimate of drug-likeness (QED) is 0.319. The number of benzene rings is 2. The molecule has 0 bridgehead atoms. The average molecular weight is 433 g/mol. The highest BCUT2D eigenvalue weighted by Gasteiger charge is 2.19. The van der Waals surface area contributed by atoms with Crippen molar-refractivity contribution in [3.05, 3.63) is 76.6 Å². The van der Waals surface area contributed by atoms with E-state index in [1.165, 1.54) is 13.2 Å². The Kier molecular flexibility index (Phi) is 5.93. The first-order chi connectivity index (χ1) is 15.6. The maximum Gasteiger partial charge on any atom is 0.293 e. The number of methoxy groups -OCH3 is 2. The molecule has 0 amide bonds. The Labute approximate surface area is 183 Å². The molecule has 4 aromatic rings. The Morgan fingerprint density at radius 1 is 1.06 bits per heavy atom. The summed E-state index contributed by atoms with van der Waals surface area (Å²) in [5.41, 5.74) is 2.27. The van der Waals surface area contributed by atoms with E-state index >= 15 is 0 Å². The zero-order valence-electron chi connectivity index (χ0n) is 17.3. The summed E-state index contributed by atoms with van der Waals surface area (Å²) >= 11 is 0. The molecule has 0 fully saturated rings. The van der Waals surface area contributed by atoms with Gasteiger partial charge in [-0.25, -0.2) is 0 Å². The second-order valence-corrected chi connectivity index (χ2v) is 6.70. The van der Waals surface area contributed by atoms with Gasteiger partial charge in [-0.05, 0) is 42.0 Å². The molecular weight excluding hydrogens is 414 g/mol. The van der Waals surface area contributed by atoms with Gasteiger partial charge in [0.1, 0.15) is 5.69 Å². The molecule has 4 rings (SSSR count). The maximum absolute atomic E-state index is 11.6. The molecule has 10 nitrogen and oxygen atoms in total. The van der Waals surface area contributed by atoms with Crippen LogP contribution >= 0.6 is 0 Å². The molecule has 0 aliphatic carbocycles. The van der Waals surface area contributed by atoms with Gasteiger partial charge >= 0.3 is 0 Å². The van der Waals surface area contributed by atoms with Crippen LogP contribution in [-0.4, -0.2) is 34.3 Å². The van der Waals surface area contributed by atoms with Crippen molar-refractivity contribution in [2.45, 2.75) is 6.54 Å². The summed E-state index contributed by atoms with van der Waals surface area (Å²) in [6.45, 7) is 0.401. The predicted molar refractivity (Wildman–Crippen MR) is 116 cm³/mol. The topological polar surface area (TPSA) is 125 Å². The molecule has 2 aromatic heterocycles. The number of pyridine rings is 1. The van der Waals surface area contributed by atoms with E-state index in [2.05, 4.69) is 20.4 Å². The molecule has 1 N–H and O–H groups in total. The van der Waals surface area contributed by atoms with Crippen molar-refractivity contribution in [1.82, 2.24) is 15.1 Å². The van der Waals surface area contributed by atoms with Crippen LogP contribution in [0.15, 0.2) is 65.4 Å². The van der Waals surface area contributed by atoms with Gasteiger partial charge in [0.25, 0.3) is 11.6 Å². The third-order valence-electron chi connectivity index (χ3n) is 4.71. The van der Waals surface area contributed by atoms with Crippen LogP contribution in [0.3, 0.4) is 0 Å². The smallest absolute Gasteiger partial charge is 0.293 e. The van der Waals surface area contributed by atoms with E-state index in [9.17, 15) is 10.1 Å². The van der Waals surface area contributed by atoms with Gasteiger partial charge in [-0.1, -0.05) is 11.2 Å². The maximum atomic E-state index is 11.6. The van der Waals surface area contributed by atoms with Gasteiger partial charge in [-0.2, -0.15) is 4.98 Å². The van der Waals surface area contributed by atoms with E-state index in [-0.39, 0.29) is 11.6 Å². The second-order valence-electron chi connectivity index (χ2n) is 6.70. The van der Waals surface area contributed by atoms with Gasteiger partial charge < -0.3 is 19.3 Å². The molecule has 32 heavy (non-hydrogen) atoms. The Morgan fingerprint density at radius 3 is 2.59 bits per heavy atom. The minimum Gasteiger partial charge on any atom is -0.493 e. The minimum atomic E-state index is -0.458. The Bertz CT molecular complexity index is 1240. The molecule has 10 heteroatoms. The van der Waals surface area contributed by atoms with Gasteiger partial charge in [0.15, 0.2) is 11.5 Å². The number of nitro benzene ring substituents is 1. The van der Waals surface area contributed by atoms with Crippen LogP contribution in [0, 0.1) is 10.1 Å². The van der Waals surface area contributed by atoms with Crippen molar-refractivity contribution in [3.8, 4) is 34.3 Å². The second kappa shape index (κ2) is 9.13. The fourth-order valence-corrected chi connectivity index (χ4v) is 3.10. The highest BCUT2D eigenvalue weighted by atomic mass is 16.6. The minimum absolute atomic E-state index is 0.0998. The molecule has 0 aliphatic rings. The molecule has 0 atom stereocenters. The summed E-state index contributed by atoms with van der Waals surface area (Å²) in [6, 6.07) is 13.6. The monoisotopic (exact) mass is 433 g/mol. The summed E-state index contributed by atoms with van der Waals surface area (Å²) in [6.07, 6.45) is 3.36. The molecule has 0 unspecified atom stereocenters. The molecular formula is C22H19N5O5. The highest BCUT2D eigenvalue weighted by Crippen LogP contribution is 2.34. The van der Waals surface area contributed by atoms with E-state index in [0.29, 0.717) is 40.7 Å². The van der Waals surface area contributed by atoms with E-state index in [0.717, 1.165) is 5.56 Å². The van der Waals surface area contributed by atoms with Crippen LogP contribution in [-0.2, 0) is 6.54 Å². The first kappa shape index (κ1) is 20.8. The van der Waals surface area contributed by atoms with Gasteiger partial charge in [0.05, 0.1) is 19.1 Å². The first-order valence-electron chi connectivity index (χ1n) is 9.56. The van der Waals surface area contributed by atoms with Crippen LogP contribution in [0.25, 0.3) is 22.8 Å². The number of hydrogen-bond donors (Lipinski definition) is 1. The van der Waals surface area contributed by atoms with E-state index < -0.39 is 4.92 Å². The van der Waals surface area contributed by atoms with E-state index in [1.807, 2.05) is 6.07 Å². The van der Waals surface area contributed by atoms with Gasteiger partial charge in [0, 0.05) is 36.1 Å². The van der Waals surface area contributed by atoms with Crippen LogP contribution < -0.4 is 14.8 Å². The lowest BCUT2D eigenvalue weighted by Crippen LogP contribution is -2.03. The SMILES string of the molecule is COc1ccc(-c2noc(-c3ccc(NCc4cccnc4)c([N+](=O)[O-])c3)n2)cc1OC. The Hall–Kier alpha value is -4.47. The van der Waals surface area contributed by atoms with Crippen LogP contribution in [0.4, 0.5) is 11.4 Å². The van der Waals surface area contributed by atoms with E-state index in [1.54, 1.807) is 55.9 Å². The number of nitrogens with one attached hydrogen (secondary N) is 1. The van der Waals surface area contributed by atoms with Crippen molar-refractivity contribution in [3.63, 3.8) is 0 Å². The third-order valence-corrected chi connectivity index (χ3v) is 4.71. The first-order valence-corrected chi connectivity index (χ1v) is 9.56. The summed E-state index contributed by atoms with van der Waals surface area (Å²) in [4.78, 5) is 19.6. The van der Waals surface area contributed by atoms with Crippen LogP contribution in [0.5, 0.6) is 11.5 Å². The standard InChI is InChI=1S/C22H19N5O5/c1-30-19-8-6-15(11-20(19)31-2)21-25-22(32-26-21)16-5-7-17(18(10-16)27(28)29)24-13-14-4-3-9-23-12-14/h3-12,24H,13H2,1-2H3. The summed E-state index contributed by atoms with van der Waals surface area (Å²) in [5, 5.41) is 18.7. The van der Waals surface area contributed by atoms with Gasteiger partial charge in [0.2, 0.25) is 5.82 Å². The largest absolute Gasteiger partial charge is 0.493 e. The summed E-state index contributed by atoms with van der Waals surface area (Å²) < 4.78 is 15.9. The van der Waals surface area contributed by atoms with Crippen molar-refractivity contribution in [2.75, 3.05) is 19.5 Å². The van der Waals surface area contributed by atoms with E-state index in [4.69, 9.17) is 14.0 Å². The number of hydrogen-bond acceptors (Lipinski definition) is 9. The number of nitrogens with zero attached hydrogens (tertiary/aromatic N) is 4. The summed E-state index contributed by atoms with van der Waals surface area (Å²) in [7, 11) is 3.08. The molecule has 0 saturated heterocycles. The number of nitro groups is 1. The van der Waals surface area contributed by atoms with Gasteiger partial charge in [-0.15, -0.1) is 0 Å². The number of rotatable bonds is 8. The molecule has 2 heterocycles. The third kappa shape index (κ3) is 4.33. The zero-order chi connectivity index (χ0) is 22.5. The summed E-state index contributed by atoms with van der Waals surface area (Å²) in [5.74, 6) is 1.58. The van der Waals surface area contributed by atoms with Gasteiger partial charge in [-0.3, -0.25) is 15.1 Å². The Balaban J connectivity index is 1.60. The Morgan fingerprint density at radius 2 is 1.88 bits per heavy atom. The average Bonchev–Trinajstić information content (AvgIpc) is 3.33. The molecule has 0 spiro atoms. The lowest BCUT2D eigenvalue weighted by atomic mass is 10.1. The van der Waals surface area contributed by atoms with Crippen LogP contribution in [0.2, 0.25) is 0 Å². The van der Waals surface area contributed by atoms with Crippen molar-refractivity contribution >= 4 is 11.4 Å². The molecule has 162 valence electrons. The fourth-order valence-electron chi connectivity index (χ4n) is 3.10. The molecule has 0 aliphatic heterocycles. The number of ether oxygens (including phenoxy) is 2. The normalized spacial score (nSPS) is 10.6. The number of aromatic nitrogens is 3. The predicted octanol–water partition coefficient (Wildman–Crippen LogP) is 4.34. The number of anilines is 1. The van der Waals surface area contributed by atoms with Crippen molar-refractivity contribution in [2.24, 2.45) is 0 Å². The lowest BCUT2D eigenvalue weighted by Gasteiger charge is -2.08. The molecule has 0 radical (unpaired) electrons. The van der Waals surface area contributed by atoms with Crippen molar-refractivity contribution in [1.29, 1.82) is 0 Å². The highest BCUT2D eigenvalue weighted by molar-refractivity contribution is 5.71. The lowest BCUT2D eigenvalue weighted by molar-refractivity contribution is -0.383. The molecule has 0 saturated carbocycles. The molecule has 2 aromatic carbocycles. The fraction of sp³-hybridized carbons (Fsp3) is 0.136. The van der Waals surface area contributed by atoms with Crippen LogP contribution in [0.1, 0.15) is 5.56 Å².